The molecule has 1 unspecified atom stereocenters. The maximum absolute atomic E-state index is 12.0. The molecule has 0 radical (unpaired) electrons. The summed E-state index contributed by atoms with van der Waals surface area (Å²) < 4.78 is 0.992. The lowest BCUT2D eigenvalue weighted by Crippen LogP contribution is -2.45. The number of anilines is 1. The zero-order valence-corrected chi connectivity index (χ0v) is 19.3. The Morgan fingerprint density at radius 3 is 2.69 bits per heavy atom. The van der Waals surface area contributed by atoms with E-state index in [1.165, 1.54) is 19.4 Å². The molecule has 2 rings (SSSR count). The minimum atomic E-state index is -0.0155. The van der Waals surface area contributed by atoms with Crippen molar-refractivity contribution in [3.63, 3.8) is 0 Å². The molecule has 6 nitrogen and oxygen atoms in total. The van der Waals surface area contributed by atoms with E-state index >= 15 is 0 Å². The van der Waals surface area contributed by atoms with Crippen molar-refractivity contribution in [1.29, 1.82) is 0 Å². The number of amides is 1. The van der Waals surface area contributed by atoms with E-state index in [4.69, 9.17) is 0 Å². The van der Waals surface area contributed by atoms with Gasteiger partial charge in [0, 0.05) is 42.8 Å². The van der Waals surface area contributed by atoms with Gasteiger partial charge in [0.25, 0.3) is 0 Å². The van der Waals surface area contributed by atoms with Gasteiger partial charge >= 0.3 is 0 Å². The third-order valence-corrected chi connectivity index (χ3v) is 4.94. The Kier molecular flexibility index (Phi) is 11.1. The SMILES string of the molecule is CCN1CCCC1CNC(=NC)NCCC(=O)Nc1ccc(Br)cc1.I. The van der Waals surface area contributed by atoms with Gasteiger partial charge in [-0.25, -0.2) is 0 Å². The van der Waals surface area contributed by atoms with E-state index in [9.17, 15) is 4.79 Å². The zero-order valence-electron chi connectivity index (χ0n) is 15.4. The predicted molar refractivity (Wildman–Crippen MR) is 122 cm³/mol. The van der Waals surface area contributed by atoms with Gasteiger partial charge in [-0.1, -0.05) is 22.9 Å². The summed E-state index contributed by atoms with van der Waals surface area (Å²) in [6, 6.07) is 8.13. The smallest absolute Gasteiger partial charge is 0.226 e. The van der Waals surface area contributed by atoms with E-state index in [0.717, 1.165) is 29.2 Å². The number of halogens is 2. The van der Waals surface area contributed by atoms with Gasteiger partial charge in [-0.15, -0.1) is 24.0 Å². The topological polar surface area (TPSA) is 68.8 Å². The van der Waals surface area contributed by atoms with Crippen molar-refractivity contribution in [3.05, 3.63) is 28.7 Å². The van der Waals surface area contributed by atoms with Crippen molar-refractivity contribution in [2.24, 2.45) is 4.99 Å². The maximum atomic E-state index is 12.0. The molecule has 1 fully saturated rings. The van der Waals surface area contributed by atoms with Crippen molar-refractivity contribution in [3.8, 4) is 0 Å². The molecule has 8 heteroatoms. The third kappa shape index (κ3) is 7.79. The monoisotopic (exact) mass is 537 g/mol. The molecule has 3 N–H and O–H groups in total. The summed E-state index contributed by atoms with van der Waals surface area (Å²) in [6.07, 6.45) is 2.89. The number of rotatable bonds is 7. The highest BCUT2D eigenvalue weighted by Crippen LogP contribution is 2.15. The van der Waals surface area contributed by atoms with Crippen LogP contribution in [0.15, 0.2) is 33.7 Å². The Balaban J connectivity index is 0.00000338. The molecule has 146 valence electrons. The lowest BCUT2D eigenvalue weighted by molar-refractivity contribution is -0.116. The summed E-state index contributed by atoms with van der Waals surface area (Å²) in [4.78, 5) is 18.7. The standard InChI is InChI=1S/C18H28BrN5O.HI/c1-3-24-12-4-5-16(24)13-22-18(20-2)21-11-10-17(25)23-15-8-6-14(19)7-9-15;/h6-9,16H,3-5,10-13H2,1-2H3,(H,23,25)(H2,20,21,22);1H. The molecule has 1 amide bonds. The largest absolute Gasteiger partial charge is 0.356 e. The minimum Gasteiger partial charge on any atom is -0.356 e. The zero-order chi connectivity index (χ0) is 18.1. The van der Waals surface area contributed by atoms with Crippen LogP contribution < -0.4 is 16.0 Å². The van der Waals surface area contributed by atoms with E-state index in [1.54, 1.807) is 7.05 Å². The molecule has 0 bridgehead atoms. The Labute approximate surface area is 181 Å². The average Bonchev–Trinajstić information content (AvgIpc) is 3.07. The third-order valence-electron chi connectivity index (χ3n) is 4.41. The fraction of sp³-hybridized carbons (Fsp3) is 0.556. The Morgan fingerprint density at radius 1 is 1.31 bits per heavy atom. The molecule has 26 heavy (non-hydrogen) atoms. The Bertz CT molecular complexity index is 581. The van der Waals surface area contributed by atoms with Crippen molar-refractivity contribution >= 4 is 57.5 Å². The van der Waals surface area contributed by atoms with Gasteiger partial charge in [0.1, 0.15) is 0 Å². The first-order chi connectivity index (χ1) is 12.1. The van der Waals surface area contributed by atoms with Crippen LogP contribution in [0.4, 0.5) is 5.69 Å². The van der Waals surface area contributed by atoms with Crippen LogP contribution in [0.2, 0.25) is 0 Å². The van der Waals surface area contributed by atoms with Crippen LogP contribution in [0, 0.1) is 0 Å². The molecular formula is C18H29BrIN5O. The number of nitrogens with one attached hydrogen (secondary N) is 3. The van der Waals surface area contributed by atoms with E-state index in [0.29, 0.717) is 19.0 Å². The summed E-state index contributed by atoms with van der Waals surface area (Å²) in [5.41, 5.74) is 0.802. The van der Waals surface area contributed by atoms with Crippen LogP contribution in [0.25, 0.3) is 0 Å². The fourth-order valence-electron chi connectivity index (χ4n) is 3.03. The van der Waals surface area contributed by atoms with Gasteiger partial charge in [-0.2, -0.15) is 0 Å². The lowest BCUT2D eigenvalue weighted by atomic mass is 10.2. The summed E-state index contributed by atoms with van der Waals surface area (Å²) in [7, 11) is 1.75. The first-order valence-electron chi connectivity index (χ1n) is 8.86. The van der Waals surface area contributed by atoms with Crippen LogP contribution in [-0.2, 0) is 4.79 Å². The lowest BCUT2D eigenvalue weighted by Gasteiger charge is -2.23. The summed E-state index contributed by atoms with van der Waals surface area (Å²) in [5.74, 6) is 0.734. The Hall–Kier alpha value is -0.870. The molecule has 1 atom stereocenters. The van der Waals surface area contributed by atoms with Gasteiger partial charge < -0.3 is 16.0 Å². The summed E-state index contributed by atoms with van der Waals surface area (Å²) >= 11 is 3.38. The second-order valence-electron chi connectivity index (χ2n) is 6.11. The highest BCUT2D eigenvalue weighted by Gasteiger charge is 2.22. The Morgan fingerprint density at radius 2 is 2.04 bits per heavy atom. The van der Waals surface area contributed by atoms with Crippen molar-refractivity contribution in [2.45, 2.75) is 32.2 Å². The van der Waals surface area contributed by atoms with Gasteiger partial charge in [-0.3, -0.25) is 14.7 Å². The first kappa shape index (κ1) is 23.2. The number of aliphatic imine (C=N–C) groups is 1. The number of hydrogen-bond donors (Lipinski definition) is 3. The molecular weight excluding hydrogens is 509 g/mol. The van der Waals surface area contributed by atoms with Gasteiger partial charge in [0.2, 0.25) is 5.91 Å². The normalized spacial score (nSPS) is 17.5. The number of guanidine groups is 1. The quantitative estimate of drug-likeness (QED) is 0.284. The number of hydrogen-bond acceptors (Lipinski definition) is 3. The average molecular weight is 538 g/mol. The van der Waals surface area contributed by atoms with E-state index in [1.807, 2.05) is 24.3 Å². The highest BCUT2D eigenvalue weighted by molar-refractivity contribution is 14.0. The first-order valence-corrected chi connectivity index (χ1v) is 9.65. The van der Waals surface area contributed by atoms with Crippen molar-refractivity contribution in [1.82, 2.24) is 15.5 Å². The molecule has 1 saturated heterocycles. The van der Waals surface area contributed by atoms with Gasteiger partial charge in [0.05, 0.1) is 0 Å². The number of carbonyl (C=O) groups is 1. The molecule has 0 aliphatic carbocycles. The van der Waals surface area contributed by atoms with Crippen LogP contribution in [0.3, 0.4) is 0 Å². The highest BCUT2D eigenvalue weighted by atomic mass is 127. The molecule has 1 aromatic rings. The van der Waals surface area contributed by atoms with Gasteiger partial charge in [0.15, 0.2) is 5.96 Å². The van der Waals surface area contributed by atoms with Crippen LogP contribution >= 0.6 is 39.9 Å². The molecule has 0 aromatic heterocycles. The molecule has 1 aliphatic heterocycles. The van der Waals surface area contributed by atoms with E-state index in [-0.39, 0.29) is 29.9 Å². The van der Waals surface area contributed by atoms with E-state index < -0.39 is 0 Å². The van der Waals surface area contributed by atoms with Gasteiger partial charge in [-0.05, 0) is 50.2 Å². The molecule has 1 heterocycles. The fourth-order valence-corrected chi connectivity index (χ4v) is 3.29. The van der Waals surface area contributed by atoms with E-state index in [2.05, 4.69) is 48.7 Å². The molecule has 1 aromatic carbocycles. The minimum absolute atomic E-state index is 0. The number of likely N-dealkylation sites (N-methyl/N-ethyl adjacent to an activating group) is 1. The second kappa shape index (κ2) is 12.5. The van der Waals surface area contributed by atoms with Crippen molar-refractivity contribution in [2.75, 3.05) is 38.5 Å². The summed E-state index contributed by atoms with van der Waals surface area (Å²) in [6.45, 7) is 5.91. The molecule has 0 spiro atoms. The number of carbonyl (C=O) groups excluding carboxylic acids is 1. The second-order valence-corrected chi connectivity index (χ2v) is 7.03. The molecule has 0 saturated carbocycles. The molecule has 1 aliphatic rings. The van der Waals surface area contributed by atoms with Crippen molar-refractivity contribution < 1.29 is 4.79 Å². The number of benzene rings is 1. The van der Waals surface area contributed by atoms with Crippen LogP contribution in [0.1, 0.15) is 26.2 Å². The summed E-state index contributed by atoms with van der Waals surface area (Å²) in [5, 5.41) is 9.45. The van der Waals surface area contributed by atoms with Crippen LogP contribution in [-0.4, -0.2) is 56.0 Å². The van der Waals surface area contributed by atoms with Crippen LogP contribution in [0.5, 0.6) is 0 Å². The maximum Gasteiger partial charge on any atom is 0.226 e. The number of nitrogens with zero attached hydrogens (tertiary/aromatic N) is 2. The predicted octanol–water partition coefficient (Wildman–Crippen LogP) is 3.05. The number of likely N-dealkylation sites (tertiary alicyclic amines) is 1.